The van der Waals surface area contributed by atoms with E-state index in [1.54, 1.807) is 6.08 Å². The average Bonchev–Trinajstić information content (AvgIpc) is 2.50. The topological polar surface area (TPSA) is 29.5 Å². The maximum Gasteiger partial charge on any atom is 0.278 e. The van der Waals surface area contributed by atoms with Gasteiger partial charge in [-0.2, -0.15) is 0 Å². The van der Waals surface area contributed by atoms with Crippen LogP contribution in [0.25, 0.3) is 0 Å². The number of hydrogen-bond acceptors (Lipinski definition) is 2. The Labute approximate surface area is 95.3 Å². The molecular weight excluding hydrogens is 202 g/mol. The standard InChI is InChI=1S/C13H15NO2/c1-4-9-13(2)11-8-6-5-7-10(11)12(15)14(13)16-3/h4-8H,1,9H2,2-3H3/t13-/m0/s1. The van der Waals surface area contributed by atoms with Gasteiger partial charge in [-0.05, 0) is 25.0 Å². The predicted molar refractivity (Wildman–Crippen MR) is 61.8 cm³/mol. The Bertz CT molecular complexity index is 441. The Morgan fingerprint density at radius 3 is 2.81 bits per heavy atom. The molecule has 2 rings (SSSR count). The zero-order chi connectivity index (χ0) is 11.8. The Kier molecular flexibility index (Phi) is 2.56. The molecular formula is C13H15NO2. The molecule has 0 N–H and O–H groups in total. The molecule has 0 aliphatic carbocycles. The van der Waals surface area contributed by atoms with Gasteiger partial charge in [0, 0.05) is 5.56 Å². The molecule has 16 heavy (non-hydrogen) atoms. The zero-order valence-corrected chi connectivity index (χ0v) is 9.56. The highest BCUT2D eigenvalue weighted by atomic mass is 16.7. The van der Waals surface area contributed by atoms with Crippen LogP contribution in [0.3, 0.4) is 0 Å². The van der Waals surface area contributed by atoms with Gasteiger partial charge in [0.25, 0.3) is 5.91 Å². The van der Waals surface area contributed by atoms with E-state index >= 15 is 0 Å². The van der Waals surface area contributed by atoms with Gasteiger partial charge in [0.1, 0.15) is 0 Å². The molecule has 0 unspecified atom stereocenters. The molecule has 0 bridgehead atoms. The third-order valence-corrected chi connectivity index (χ3v) is 3.09. The molecule has 1 aromatic rings. The van der Waals surface area contributed by atoms with E-state index in [1.807, 2.05) is 31.2 Å². The molecule has 0 saturated heterocycles. The summed E-state index contributed by atoms with van der Waals surface area (Å²) in [6.45, 7) is 5.73. The van der Waals surface area contributed by atoms with E-state index in [9.17, 15) is 4.79 Å². The second-order valence-electron chi connectivity index (χ2n) is 4.09. The van der Waals surface area contributed by atoms with Crippen molar-refractivity contribution in [2.24, 2.45) is 0 Å². The first-order chi connectivity index (χ1) is 7.65. The van der Waals surface area contributed by atoms with Crippen molar-refractivity contribution in [2.75, 3.05) is 7.11 Å². The maximum absolute atomic E-state index is 12.1. The lowest BCUT2D eigenvalue weighted by Crippen LogP contribution is -2.40. The van der Waals surface area contributed by atoms with Gasteiger partial charge in [0.2, 0.25) is 0 Å². The third-order valence-electron chi connectivity index (χ3n) is 3.09. The van der Waals surface area contributed by atoms with E-state index in [0.717, 1.165) is 5.56 Å². The van der Waals surface area contributed by atoms with Gasteiger partial charge in [0.15, 0.2) is 0 Å². The van der Waals surface area contributed by atoms with Crippen molar-refractivity contribution in [2.45, 2.75) is 18.9 Å². The Hall–Kier alpha value is -1.61. The quantitative estimate of drug-likeness (QED) is 0.728. The van der Waals surface area contributed by atoms with Gasteiger partial charge in [-0.25, -0.2) is 5.06 Å². The normalized spacial score (nSPS) is 23.4. The van der Waals surface area contributed by atoms with Crippen LogP contribution in [-0.4, -0.2) is 18.1 Å². The number of carbonyl (C=O) groups is 1. The van der Waals surface area contributed by atoms with E-state index in [0.29, 0.717) is 12.0 Å². The molecule has 1 aromatic carbocycles. The monoisotopic (exact) mass is 217 g/mol. The molecule has 84 valence electrons. The number of benzene rings is 1. The molecule has 1 aliphatic rings. The second kappa shape index (κ2) is 3.76. The van der Waals surface area contributed by atoms with Crippen LogP contribution >= 0.6 is 0 Å². The maximum atomic E-state index is 12.1. The molecule has 0 saturated carbocycles. The summed E-state index contributed by atoms with van der Waals surface area (Å²) in [6.07, 6.45) is 2.48. The SMILES string of the molecule is C=CC[C@@]1(C)c2ccccc2C(=O)N1OC. The molecule has 0 aromatic heterocycles. The zero-order valence-electron chi connectivity index (χ0n) is 9.56. The Morgan fingerprint density at radius 1 is 1.50 bits per heavy atom. The second-order valence-corrected chi connectivity index (χ2v) is 4.09. The third kappa shape index (κ3) is 1.28. The van der Waals surface area contributed by atoms with Crippen molar-refractivity contribution in [3.63, 3.8) is 0 Å². The van der Waals surface area contributed by atoms with Crippen LogP contribution < -0.4 is 0 Å². The molecule has 0 fully saturated rings. The van der Waals surface area contributed by atoms with E-state index < -0.39 is 5.54 Å². The summed E-state index contributed by atoms with van der Waals surface area (Å²) in [5, 5.41) is 1.43. The van der Waals surface area contributed by atoms with Crippen molar-refractivity contribution >= 4 is 5.91 Å². The average molecular weight is 217 g/mol. The van der Waals surface area contributed by atoms with Gasteiger partial charge < -0.3 is 0 Å². The Balaban J connectivity index is 2.59. The van der Waals surface area contributed by atoms with Gasteiger partial charge in [-0.15, -0.1) is 6.58 Å². The number of fused-ring (bicyclic) bond motifs is 1. The summed E-state index contributed by atoms with van der Waals surface area (Å²) in [7, 11) is 1.52. The highest BCUT2D eigenvalue weighted by Crippen LogP contribution is 2.41. The first-order valence-corrected chi connectivity index (χ1v) is 5.24. The smallest absolute Gasteiger partial charge is 0.273 e. The van der Waals surface area contributed by atoms with Crippen molar-refractivity contribution in [1.82, 2.24) is 5.06 Å². The van der Waals surface area contributed by atoms with Gasteiger partial charge in [0.05, 0.1) is 12.6 Å². The highest BCUT2D eigenvalue weighted by molar-refractivity contribution is 5.99. The van der Waals surface area contributed by atoms with E-state index in [1.165, 1.54) is 12.2 Å². The number of amides is 1. The summed E-state index contributed by atoms with van der Waals surface area (Å²) in [5.41, 5.74) is 1.28. The predicted octanol–water partition coefficient (Wildman–Crippen LogP) is 2.50. The number of carbonyl (C=O) groups excluding carboxylic acids is 1. The van der Waals surface area contributed by atoms with Gasteiger partial charge in [-0.1, -0.05) is 24.3 Å². The number of rotatable bonds is 3. The summed E-state index contributed by atoms with van der Waals surface area (Å²) >= 11 is 0. The number of nitrogens with zero attached hydrogens (tertiary/aromatic N) is 1. The van der Waals surface area contributed by atoms with Crippen LogP contribution in [0.15, 0.2) is 36.9 Å². The summed E-state index contributed by atoms with van der Waals surface area (Å²) in [6, 6.07) is 7.60. The highest BCUT2D eigenvalue weighted by Gasteiger charge is 2.46. The molecule has 1 heterocycles. The molecule has 3 nitrogen and oxygen atoms in total. The fraction of sp³-hybridized carbons (Fsp3) is 0.308. The van der Waals surface area contributed by atoms with Crippen LogP contribution in [0, 0.1) is 0 Å². The molecule has 1 aliphatic heterocycles. The minimum Gasteiger partial charge on any atom is -0.273 e. The number of hydrogen-bond donors (Lipinski definition) is 0. The molecule has 0 radical (unpaired) electrons. The van der Waals surface area contributed by atoms with Crippen LogP contribution in [0.4, 0.5) is 0 Å². The lowest BCUT2D eigenvalue weighted by molar-refractivity contribution is -0.153. The summed E-state index contributed by atoms with van der Waals surface area (Å²) < 4.78 is 0. The van der Waals surface area contributed by atoms with Gasteiger partial charge >= 0.3 is 0 Å². The molecule has 1 atom stereocenters. The Morgan fingerprint density at radius 2 is 2.19 bits per heavy atom. The lowest BCUT2D eigenvalue weighted by Gasteiger charge is -2.32. The van der Waals surface area contributed by atoms with Crippen LogP contribution in [-0.2, 0) is 10.4 Å². The van der Waals surface area contributed by atoms with Crippen molar-refractivity contribution in [1.29, 1.82) is 0 Å². The van der Waals surface area contributed by atoms with Gasteiger partial charge in [-0.3, -0.25) is 9.63 Å². The summed E-state index contributed by atoms with van der Waals surface area (Å²) in [5.74, 6) is -0.0811. The van der Waals surface area contributed by atoms with Crippen LogP contribution in [0.5, 0.6) is 0 Å². The van der Waals surface area contributed by atoms with E-state index in [2.05, 4.69) is 6.58 Å². The van der Waals surface area contributed by atoms with Crippen LogP contribution in [0.1, 0.15) is 29.3 Å². The van der Waals surface area contributed by atoms with E-state index in [-0.39, 0.29) is 5.91 Å². The van der Waals surface area contributed by atoms with Crippen LogP contribution in [0.2, 0.25) is 0 Å². The van der Waals surface area contributed by atoms with E-state index in [4.69, 9.17) is 4.84 Å². The first kappa shape index (κ1) is 10.9. The minimum absolute atomic E-state index is 0.0811. The molecule has 0 spiro atoms. The largest absolute Gasteiger partial charge is 0.278 e. The fourth-order valence-electron chi connectivity index (χ4n) is 2.34. The molecule has 1 amide bonds. The number of hydroxylamine groups is 2. The fourth-order valence-corrected chi connectivity index (χ4v) is 2.34. The minimum atomic E-state index is -0.440. The summed E-state index contributed by atoms with van der Waals surface area (Å²) in [4.78, 5) is 17.3. The van der Waals surface area contributed by atoms with Crippen molar-refractivity contribution < 1.29 is 9.63 Å². The first-order valence-electron chi connectivity index (χ1n) is 5.24. The van der Waals surface area contributed by atoms with Crippen molar-refractivity contribution in [3.05, 3.63) is 48.0 Å². The molecule has 3 heteroatoms. The lowest BCUT2D eigenvalue weighted by atomic mass is 9.89. The van der Waals surface area contributed by atoms with Crippen molar-refractivity contribution in [3.8, 4) is 0 Å².